The van der Waals surface area contributed by atoms with Crippen molar-refractivity contribution in [2.75, 3.05) is 0 Å². The highest BCUT2D eigenvalue weighted by Crippen LogP contribution is 2.43. The van der Waals surface area contributed by atoms with Gasteiger partial charge in [-0.25, -0.2) is 9.97 Å². The summed E-state index contributed by atoms with van der Waals surface area (Å²) < 4.78 is 4.88. The van der Waals surface area contributed by atoms with Gasteiger partial charge < -0.3 is 0 Å². The van der Waals surface area contributed by atoms with Gasteiger partial charge in [0.05, 0.1) is 22.2 Å². The summed E-state index contributed by atoms with van der Waals surface area (Å²) in [5.74, 6) is 0.719. The molecule has 0 unspecified atom stereocenters. The zero-order chi connectivity index (χ0) is 27.6. The molecule has 0 aliphatic heterocycles. The van der Waals surface area contributed by atoms with E-state index in [1.54, 1.807) is 0 Å². The van der Waals surface area contributed by atoms with Gasteiger partial charge in [-0.1, -0.05) is 103 Å². The maximum Gasteiger partial charge on any atom is 0.235 e. The number of allylic oxidation sites excluding steroid dienone is 4. The fourth-order valence-corrected chi connectivity index (χ4v) is 7.72. The van der Waals surface area contributed by atoms with E-state index in [1.807, 2.05) is 11.3 Å². The largest absolute Gasteiger partial charge is 0.277 e. The molecule has 8 aromatic rings. The number of hydrogen-bond acceptors (Lipinski definition) is 3. The number of hydrogen-bond donors (Lipinski definition) is 0. The van der Waals surface area contributed by atoms with Crippen LogP contribution in [0.3, 0.4) is 0 Å². The average molecular weight is 556 g/mol. The van der Waals surface area contributed by atoms with Crippen LogP contribution in [0.4, 0.5) is 0 Å². The molecule has 0 saturated carbocycles. The molecule has 0 amide bonds. The second kappa shape index (κ2) is 9.23. The van der Waals surface area contributed by atoms with Crippen LogP contribution < -0.4 is 0 Å². The zero-order valence-electron chi connectivity index (χ0n) is 22.8. The predicted molar refractivity (Wildman–Crippen MR) is 178 cm³/mol. The van der Waals surface area contributed by atoms with Gasteiger partial charge in [0.25, 0.3) is 0 Å². The molecular weight excluding hydrogens is 531 g/mol. The summed E-state index contributed by atoms with van der Waals surface area (Å²) in [7, 11) is 0. The minimum Gasteiger partial charge on any atom is -0.277 e. The maximum atomic E-state index is 5.39. The molecule has 5 aromatic carbocycles. The minimum atomic E-state index is 0.719. The molecule has 0 bridgehead atoms. The Balaban J connectivity index is 1.35. The van der Waals surface area contributed by atoms with Gasteiger partial charge in [-0.15, -0.1) is 11.3 Å². The van der Waals surface area contributed by atoms with Crippen molar-refractivity contribution in [1.82, 2.24) is 14.5 Å². The van der Waals surface area contributed by atoms with Crippen molar-refractivity contribution in [2.24, 2.45) is 0 Å². The molecule has 1 aliphatic rings. The van der Waals surface area contributed by atoms with Crippen LogP contribution in [-0.2, 0) is 0 Å². The molecule has 9 rings (SSSR count). The molecule has 3 aromatic heterocycles. The van der Waals surface area contributed by atoms with Crippen molar-refractivity contribution >= 4 is 75.4 Å². The summed E-state index contributed by atoms with van der Waals surface area (Å²) in [5.41, 5.74) is 8.19. The lowest BCUT2D eigenvalue weighted by molar-refractivity contribution is 0.988. The van der Waals surface area contributed by atoms with E-state index in [0.717, 1.165) is 40.9 Å². The Hall–Kier alpha value is -5.06. The molecule has 0 spiro atoms. The molecule has 42 heavy (non-hydrogen) atoms. The van der Waals surface area contributed by atoms with Crippen molar-refractivity contribution in [3.8, 4) is 5.95 Å². The fraction of sp³-hybridized carbons (Fsp3) is 0.0526. The summed E-state index contributed by atoms with van der Waals surface area (Å²) in [6, 6.07) is 41.0. The van der Waals surface area contributed by atoms with Crippen LogP contribution in [0.5, 0.6) is 0 Å². The standard InChI is InChI=1S/C38H25N3S/c1-2-10-24(11-3-1)25-18-20-26(21-19-25)36-29-13-4-7-15-31(29)39-38(40-36)41-32-16-8-5-12-27(32)28-22-23-34-35(37(28)41)30-14-6-9-17-33(30)42-34/h1-18,20,22-23H,19,21H2. The fourth-order valence-electron chi connectivity index (χ4n) is 6.61. The van der Waals surface area contributed by atoms with Gasteiger partial charge in [-0.05, 0) is 53.8 Å². The van der Waals surface area contributed by atoms with Gasteiger partial charge in [-0.3, -0.25) is 4.57 Å². The number of para-hydroxylation sites is 2. The Morgan fingerprint density at radius 2 is 1.26 bits per heavy atom. The van der Waals surface area contributed by atoms with Gasteiger partial charge in [0.2, 0.25) is 5.95 Å². The molecule has 1 aliphatic carbocycles. The van der Waals surface area contributed by atoms with E-state index >= 15 is 0 Å². The van der Waals surface area contributed by atoms with Crippen LogP contribution in [0.1, 0.15) is 24.1 Å². The van der Waals surface area contributed by atoms with Crippen molar-refractivity contribution in [1.29, 1.82) is 0 Å². The Morgan fingerprint density at radius 3 is 2.12 bits per heavy atom. The van der Waals surface area contributed by atoms with Crippen LogP contribution in [0.15, 0.2) is 127 Å². The second-order valence-electron chi connectivity index (χ2n) is 10.9. The van der Waals surface area contributed by atoms with Gasteiger partial charge in [-0.2, -0.15) is 0 Å². The molecule has 0 atom stereocenters. The molecule has 3 nitrogen and oxygen atoms in total. The third kappa shape index (κ3) is 3.52. The minimum absolute atomic E-state index is 0.719. The summed E-state index contributed by atoms with van der Waals surface area (Å²) in [6.45, 7) is 0. The number of benzene rings is 5. The zero-order valence-corrected chi connectivity index (χ0v) is 23.6. The van der Waals surface area contributed by atoms with Crippen molar-refractivity contribution in [3.05, 3.63) is 139 Å². The first kappa shape index (κ1) is 23.6. The van der Waals surface area contributed by atoms with E-state index in [4.69, 9.17) is 9.97 Å². The maximum absolute atomic E-state index is 5.39. The van der Waals surface area contributed by atoms with Gasteiger partial charge in [0.1, 0.15) is 0 Å². The Labute approximate surface area is 246 Å². The van der Waals surface area contributed by atoms with Crippen LogP contribution in [0.2, 0.25) is 0 Å². The number of aromatic nitrogens is 3. The highest BCUT2D eigenvalue weighted by Gasteiger charge is 2.21. The number of rotatable bonds is 3. The molecule has 4 heteroatoms. The number of fused-ring (bicyclic) bond motifs is 8. The van der Waals surface area contributed by atoms with Crippen molar-refractivity contribution in [3.63, 3.8) is 0 Å². The summed E-state index contributed by atoms with van der Waals surface area (Å²) in [6.07, 6.45) is 6.46. The van der Waals surface area contributed by atoms with Gasteiger partial charge in [0.15, 0.2) is 0 Å². The van der Waals surface area contributed by atoms with Crippen molar-refractivity contribution in [2.45, 2.75) is 12.8 Å². The normalized spacial score (nSPS) is 13.8. The highest BCUT2D eigenvalue weighted by atomic mass is 32.1. The Kier molecular flexibility index (Phi) is 5.19. The van der Waals surface area contributed by atoms with Crippen LogP contribution in [-0.4, -0.2) is 14.5 Å². The van der Waals surface area contributed by atoms with E-state index in [-0.39, 0.29) is 0 Å². The summed E-state index contributed by atoms with van der Waals surface area (Å²) in [4.78, 5) is 10.6. The average Bonchev–Trinajstić information content (AvgIpc) is 3.60. The van der Waals surface area contributed by atoms with Crippen LogP contribution in [0, 0.1) is 0 Å². The van der Waals surface area contributed by atoms with Gasteiger partial charge in [0, 0.05) is 36.3 Å². The van der Waals surface area contributed by atoms with E-state index in [0.29, 0.717) is 0 Å². The third-order valence-corrected chi connectivity index (χ3v) is 9.70. The first-order valence-electron chi connectivity index (χ1n) is 14.4. The smallest absolute Gasteiger partial charge is 0.235 e. The van der Waals surface area contributed by atoms with Gasteiger partial charge >= 0.3 is 0 Å². The quantitative estimate of drug-likeness (QED) is 0.217. The summed E-state index contributed by atoms with van der Waals surface area (Å²) >= 11 is 1.85. The SMILES string of the molecule is C1=C(c2ccccc2)CCC(c2nc(-n3c4ccccc4c4ccc5sc6ccccc6c5c43)nc3ccccc23)=C1. The van der Waals surface area contributed by atoms with E-state index < -0.39 is 0 Å². The lowest BCUT2D eigenvalue weighted by Crippen LogP contribution is -2.06. The lowest BCUT2D eigenvalue weighted by Gasteiger charge is -2.17. The molecular formula is C38H25N3S. The first-order chi connectivity index (χ1) is 20.8. The molecule has 0 radical (unpaired) electrons. The molecule has 0 saturated heterocycles. The van der Waals surface area contributed by atoms with E-state index in [1.165, 1.54) is 53.2 Å². The Morgan fingerprint density at radius 1 is 0.548 bits per heavy atom. The molecule has 0 fully saturated rings. The number of nitrogens with zero attached hydrogens (tertiary/aromatic N) is 3. The lowest BCUT2D eigenvalue weighted by atomic mass is 9.91. The number of thiophene rings is 1. The van der Waals surface area contributed by atoms with Crippen molar-refractivity contribution < 1.29 is 0 Å². The van der Waals surface area contributed by atoms with E-state index in [9.17, 15) is 0 Å². The molecule has 3 heterocycles. The van der Waals surface area contributed by atoms with Crippen LogP contribution in [0.25, 0.3) is 70.0 Å². The topological polar surface area (TPSA) is 30.7 Å². The molecule has 0 N–H and O–H groups in total. The monoisotopic (exact) mass is 555 g/mol. The predicted octanol–water partition coefficient (Wildman–Crippen LogP) is 10.4. The second-order valence-corrected chi connectivity index (χ2v) is 12.0. The van der Waals surface area contributed by atoms with Crippen LogP contribution >= 0.6 is 11.3 Å². The summed E-state index contributed by atoms with van der Waals surface area (Å²) in [5, 5.41) is 6.09. The first-order valence-corrected chi connectivity index (χ1v) is 15.2. The Bertz CT molecular complexity index is 2410. The third-order valence-electron chi connectivity index (χ3n) is 8.56. The highest BCUT2D eigenvalue weighted by molar-refractivity contribution is 7.26. The molecule has 198 valence electrons. The van der Waals surface area contributed by atoms with E-state index in [2.05, 4.69) is 132 Å².